The molecule has 0 aliphatic carbocycles. The number of pyridine rings is 1. The molecule has 1 unspecified atom stereocenters. The number of cyclic esters (lactones) is 1. The van der Waals surface area contributed by atoms with Crippen LogP contribution in [0, 0.1) is 6.92 Å². The maximum Gasteiger partial charge on any atom is 0.338 e. The Bertz CT molecular complexity index is 1240. The van der Waals surface area contributed by atoms with Crippen LogP contribution in [0.5, 0.6) is 5.75 Å². The SMILES string of the molecule is Cc1c(C(O)CN(C)Cc2ccc(-c3ccc(OC=O)c(N(C)C)c3)nc2)ccc2c1COC2=O. The number of carbonyl (C=O) groups excluding carboxylic acids is 2. The Morgan fingerprint density at radius 2 is 1.97 bits per heavy atom. The molecule has 3 aromatic rings. The Kier molecular flexibility index (Phi) is 7.14. The molecule has 35 heavy (non-hydrogen) atoms. The van der Waals surface area contributed by atoms with E-state index in [1.165, 1.54) is 0 Å². The Morgan fingerprint density at radius 1 is 1.17 bits per heavy atom. The summed E-state index contributed by atoms with van der Waals surface area (Å²) in [5.74, 6) is 0.184. The Labute approximate surface area is 204 Å². The van der Waals surface area contributed by atoms with Gasteiger partial charge in [0.2, 0.25) is 0 Å². The van der Waals surface area contributed by atoms with Crippen molar-refractivity contribution < 1.29 is 24.2 Å². The van der Waals surface area contributed by atoms with Gasteiger partial charge in [-0.1, -0.05) is 12.1 Å². The molecule has 0 saturated carbocycles. The first-order valence-corrected chi connectivity index (χ1v) is 11.3. The molecule has 1 atom stereocenters. The quantitative estimate of drug-likeness (QED) is 0.371. The second-order valence-electron chi connectivity index (χ2n) is 8.94. The molecular formula is C27H29N3O5. The molecule has 0 amide bonds. The van der Waals surface area contributed by atoms with Gasteiger partial charge in [0, 0.05) is 44.5 Å². The summed E-state index contributed by atoms with van der Waals surface area (Å²) in [7, 11) is 5.71. The number of anilines is 1. The molecule has 1 aromatic heterocycles. The summed E-state index contributed by atoms with van der Waals surface area (Å²) in [5, 5.41) is 10.9. The zero-order valence-corrected chi connectivity index (χ0v) is 20.3. The van der Waals surface area contributed by atoms with Crippen LogP contribution in [-0.2, 0) is 22.7 Å². The number of esters is 1. The lowest BCUT2D eigenvalue weighted by molar-refractivity contribution is -0.120. The van der Waals surface area contributed by atoms with E-state index in [0.29, 0.717) is 30.9 Å². The molecule has 0 radical (unpaired) electrons. The summed E-state index contributed by atoms with van der Waals surface area (Å²) in [5.41, 5.74) is 6.68. The molecule has 182 valence electrons. The first kappa shape index (κ1) is 24.4. The lowest BCUT2D eigenvalue weighted by Gasteiger charge is -2.22. The van der Waals surface area contributed by atoms with Gasteiger partial charge in [-0.15, -0.1) is 0 Å². The van der Waals surface area contributed by atoms with Crippen LogP contribution >= 0.6 is 0 Å². The highest BCUT2D eigenvalue weighted by atomic mass is 16.5. The van der Waals surface area contributed by atoms with Crippen molar-refractivity contribution >= 4 is 18.1 Å². The summed E-state index contributed by atoms with van der Waals surface area (Å²) < 4.78 is 10.2. The smallest absolute Gasteiger partial charge is 0.338 e. The molecule has 1 aliphatic heterocycles. The third-order valence-corrected chi connectivity index (χ3v) is 6.24. The van der Waals surface area contributed by atoms with E-state index in [0.717, 1.165) is 39.2 Å². The highest BCUT2D eigenvalue weighted by Gasteiger charge is 2.26. The van der Waals surface area contributed by atoms with Gasteiger partial charge in [0.05, 0.1) is 23.0 Å². The van der Waals surface area contributed by atoms with E-state index in [-0.39, 0.29) is 12.6 Å². The van der Waals surface area contributed by atoms with Crippen LogP contribution in [0.4, 0.5) is 5.69 Å². The number of rotatable bonds is 9. The molecule has 4 rings (SSSR count). The number of aliphatic hydroxyl groups excluding tert-OH is 1. The summed E-state index contributed by atoms with van der Waals surface area (Å²) in [6, 6.07) is 13.1. The van der Waals surface area contributed by atoms with Crippen LogP contribution in [0.15, 0.2) is 48.7 Å². The highest BCUT2D eigenvalue weighted by molar-refractivity contribution is 5.94. The normalized spacial score (nSPS) is 13.4. The fraction of sp³-hybridized carbons (Fsp3) is 0.296. The van der Waals surface area contributed by atoms with Gasteiger partial charge in [-0.25, -0.2) is 4.79 Å². The molecule has 1 aliphatic rings. The number of nitrogens with zero attached hydrogens (tertiary/aromatic N) is 3. The van der Waals surface area contributed by atoms with Crippen LogP contribution in [0.2, 0.25) is 0 Å². The number of aliphatic hydroxyl groups is 1. The molecule has 0 spiro atoms. The van der Waals surface area contributed by atoms with Crippen molar-refractivity contribution in [2.75, 3.05) is 32.6 Å². The number of hydrogen-bond acceptors (Lipinski definition) is 8. The van der Waals surface area contributed by atoms with E-state index in [9.17, 15) is 14.7 Å². The van der Waals surface area contributed by atoms with Crippen molar-refractivity contribution in [3.05, 3.63) is 76.5 Å². The van der Waals surface area contributed by atoms with Gasteiger partial charge < -0.3 is 19.5 Å². The molecule has 1 N–H and O–H groups in total. The van der Waals surface area contributed by atoms with Crippen LogP contribution in [0.1, 0.15) is 38.7 Å². The van der Waals surface area contributed by atoms with E-state index >= 15 is 0 Å². The number of likely N-dealkylation sites (N-methyl/N-ethyl adjacent to an activating group) is 1. The monoisotopic (exact) mass is 475 g/mol. The van der Waals surface area contributed by atoms with Crippen molar-refractivity contribution in [3.63, 3.8) is 0 Å². The standard InChI is InChI=1S/C27H29N3O5/c1-17-20(7-8-21-22(17)15-34-27(21)33)25(32)14-30(4)13-18-5-9-23(28-12-18)19-6-10-26(35-16-31)24(11-19)29(2)3/h5-12,16,25,32H,13-15H2,1-4H3. The number of fused-ring (bicyclic) bond motifs is 1. The number of aromatic nitrogens is 1. The molecule has 0 saturated heterocycles. The largest absolute Gasteiger partial charge is 0.457 e. The van der Waals surface area contributed by atoms with Crippen LogP contribution in [-0.4, -0.2) is 55.1 Å². The minimum atomic E-state index is -0.690. The third-order valence-electron chi connectivity index (χ3n) is 6.24. The van der Waals surface area contributed by atoms with Crippen molar-refractivity contribution in [2.24, 2.45) is 0 Å². The average molecular weight is 476 g/mol. The van der Waals surface area contributed by atoms with Crippen LogP contribution in [0.3, 0.4) is 0 Å². The summed E-state index contributed by atoms with van der Waals surface area (Å²) >= 11 is 0. The lowest BCUT2D eigenvalue weighted by Crippen LogP contribution is -2.25. The van der Waals surface area contributed by atoms with Gasteiger partial charge in [0.25, 0.3) is 6.47 Å². The third kappa shape index (κ3) is 5.18. The first-order chi connectivity index (χ1) is 16.8. The average Bonchev–Trinajstić information content (AvgIpc) is 3.21. The lowest BCUT2D eigenvalue weighted by atomic mass is 9.95. The number of carbonyl (C=O) groups is 2. The van der Waals surface area contributed by atoms with Crippen molar-refractivity contribution in [2.45, 2.75) is 26.2 Å². The molecule has 8 nitrogen and oxygen atoms in total. The maximum atomic E-state index is 11.8. The van der Waals surface area contributed by atoms with E-state index in [4.69, 9.17) is 9.47 Å². The fourth-order valence-corrected chi connectivity index (χ4v) is 4.36. The molecule has 2 aromatic carbocycles. The van der Waals surface area contributed by atoms with E-state index in [2.05, 4.69) is 4.98 Å². The van der Waals surface area contributed by atoms with Gasteiger partial charge in [0.1, 0.15) is 6.61 Å². The molecule has 2 heterocycles. The minimum Gasteiger partial charge on any atom is -0.457 e. The number of hydrogen-bond donors (Lipinski definition) is 1. The predicted octanol–water partition coefficient (Wildman–Crippen LogP) is 3.49. The summed E-state index contributed by atoms with van der Waals surface area (Å²) in [4.78, 5) is 31.0. The van der Waals surface area contributed by atoms with Gasteiger partial charge in [-0.05, 0) is 61.0 Å². The Balaban J connectivity index is 1.42. The molecule has 0 bridgehead atoms. The first-order valence-electron chi connectivity index (χ1n) is 11.3. The van der Waals surface area contributed by atoms with Crippen LogP contribution in [0.25, 0.3) is 11.3 Å². The second-order valence-corrected chi connectivity index (χ2v) is 8.94. The number of ether oxygens (including phenoxy) is 2. The van der Waals surface area contributed by atoms with Gasteiger partial charge in [0.15, 0.2) is 5.75 Å². The minimum absolute atomic E-state index is 0.261. The Morgan fingerprint density at radius 3 is 2.66 bits per heavy atom. The second kappa shape index (κ2) is 10.2. The topological polar surface area (TPSA) is 92.2 Å². The number of benzene rings is 2. The Hall–Kier alpha value is -3.75. The predicted molar refractivity (Wildman–Crippen MR) is 132 cm³/mol. The van der Waals surface area contributed by atoms with Gasteiger partial charge >= 0.3 is 5.97 Å². The fourth-order valence-electron chi connectivity index (χ4n) is 4.36. The highest BCUT2D eigenvalue weighted by Crippen LogP contribution is 2.32. The maximum absolute atomic E-state index is 11.8. The van der Waals surface area contributed by atoms with Crippen LogP contribution < -0.4 is 9.64 Å². The van der Waals surface area contributed by atoms with Crippen molar-refractivity contribution in [3.8, 4) is 17.0 Å². The van der Waals surface area contributed by atoms with Gasteiger partial charge in [-0.2, -0.15) is 0 Å². The molecule has 8 heteroatoms. The molecule has 0 fully saturated rings. The van der Waals surface area contributed by atoms with E-state index in [1.54, 1.807) is 12.1 Å². The zero-order valence-electron chi connectivity index (χ0n) is 20.3. The van der Waals surface area contributed by atoms with Crippen molar-refractivity contribution in [1.82, 2.24) is 9.88 Å². The summed E-state index contributed by atoms with van der Waals surface area (Å²) in [6.07, 6.45) is 1.14. The van der Waals surface area contributed by atoms with E-state index in [1.807, 2.05) is 74.4 Å². The van der Waals surface area contributed by atoms with Gasteiger partial charge in [-0.3, -0.25) is 14.7 Å². The summed E-state index contributed by atoms with van der Waals surface area (Å²) in [6.45, 7) is 3.65. The van der Waals surface area contributed by atoms with E-state index < -0.39 is 6.10 Å². The zero-order chi connectivity index (χ0) is 25.1. The molecular weight excluding hydrogens is 446 g/mol. The van der Waals surface area contributed by atoms with Crippen molar-refractivity contribution in [1.29, 1.82) is 0 Å².